The zero-order valence-electron chi connectivity index (χ0n) is 11.5. The van der Waals surface area contributed by atoms with Crippen LogP contribution in [-0.4, -0.2) is 14.0 Å². The molecule has 0 fully saturated rings. The van der Waals surface area contributed by atoms with E-state index in [0.29, 0.717) is 19.3 Å². The van der Waals surface area contributed by atoms with Gasteiger partial charge in [0, 0.05) is 5.54 Å². The van der Waals surface area contributed by atoms with E-state index < -0.39 is 21.4 Å². The molecular formula is C13H21FN2O2S. The topological polar surface area (TPSA) is 72.2 Å². The Bertz CT molecular complexity index is 531. The fraction of sp³-hybridized carbons (Fsp3) is 0.538. The molecule has 6 heteroatoms. The zero-order chi connectivity index (χ0) is 14.7. The van der Waals surface area contributed by atoms with Gasteiger partial charge in [-0.15, -0.1) is 0 Å². The monoisotopic (exact) mass is 288 g/mol. The predicted molar refractivity (Wildman–Crippen MR) is 74.7 cm³/mol. The number of nitrogens with two attached hydrogens (primary N) is 1. The van der Waals surface area contributed by atoms with E-state index in [4.69, 9.17) is 5.73 Å². The summed E-state index contributed by atoms with van der Waals surface area (Å²) in [7, 11) is -3.74. The first kappa shape index (κ1) is 15.9. The fourth-order valence-electron chi connectivity index (χ4n) is 1.99. The summed E-state index contributed by atoms with van der Waals surface area (Å²) in [4.78, 5) is -0.0982. The summed E-state index contributed by atoms with van der Waals surface area (Å²) >= 11 is 0. The van der Waals surface area contributed by atoms with E-state index in [0.717, 1.165) is 6.07 Å². The summed E-state index contributed by atoms with van der Waals surface area (Å²) in [6.07, 6.45) is 2.03. The van der Waals surface area contributed by atoms with Gasteiger partial charge >= 0.3 is 0 Å². The second-order valence-corrected chi connectivity index (χ2v) is 6.31. The summed E-state index contributed by atoms with van der Waals surface area (Å²) in [5, 5.41) is 0. The minimum atomic E-state index is -3.74. The highest BCUT2D eigenvalue weighted by Gasteiger charge is 2.30. The van der Waals surface area contributed by atoms with Crippen LogP contribution in [-0.2, 0) is 10.0 Å². The van der Waals surface area contributed by atoms with Crippen LogP contribution in [0.4, 0.5) is 10.1 Å². The van der Waals surface area contributed by atoms with Crippen molar-refractivity contribution in [2.45, 2.75) is 50.5 Å². The zero-order valence-corrected chi connectivity index (χ0v) is 12.3. The average Bonchev–Trinajstić information content (AvgIpc) is 2.39. The quantitative estimate of drug-likeness (QED) is 0.790. The summed E-state index contributed by atoms with van der Waals surface area (Å²) < 4.78 is 40.6. The molecule has 1 rings (SSSR count). The van der Waals surface area contributed by atoms with Gasteiger partial charge in [0.25, 0.3) is 0 Å². The number of halogens is 1. The van der Waals surface area contributed by atoms with Crippen LogP contribution in [0.15, 0.2) is 23.1 Å². The molecule has 1 aromatic rings. The Hall–Kier alpha value is -1.14. The maximum Gasteiger partial charge on any atom is 0.241 e. The van der Waals surface area contributed by atoms with Crippen LogP contribution in [0.25, 0.3) is 0 Å². The Kier molecular flexibility index (Phi) is 4.92. The Balaban J connectivity index is 3.14. The molecule has 0 radical (unpaired) electrons. The molecule has 0 saturated heterocycles. The highest BCUT2D eigenvalue weighted by molar-refractivity contribution is 7.89. The van der Waals surface area contributed by atoms with Gasteiger partial charge in [0.2, 0.25) is 10.0 Å². The standard InChI is InChI=1S/C13H21FN2O2S/c1-4-13(5-2,6-3)16-19(17,18)10-7-8-12(15)11(14)9-10/h7-9,16H,4-6,15H2,1-3H3. The molecule has 3 N–H and O–H groups in total. The van der Waals surface area contributed by atoms with Crippen molar-refractivity contribution >= 4 is 15.7 Å². The van der Waals surface area contributed by atoms with Crippen molar-refractivity contribution in [1.29, 1.82) is 0 Å². The third-order valence-electron chi connectivity index (χ3n) is 3.66. The van der Waals surface area contributed by atoms with Gasteiger partial charge in [-0.25, -0.2) is 17.5 Å². The Morgan fingerprint density at radius 1 is 1.21 bits per heavy atom. The average molecular weight is 288 g/mol. The summed E-state index contributed by atoms with van der Waals surface area (Å²) in [5.74, 6) is -0.724. The third kappa shape index (κ3) is 3.45. The number of hydrogen-bond donors (Lipinski definition) is 2. The lowest BCUT2D eigenvalue weighted by Gasteiger charge is -2.31. The first-order chi connectivity index (χ1) is 8.80. The predicted octanol–water partition coefficient (Wildman–Crippen LogP) is 2.66. The SMILES string of the molecule is CCC(CC)(CC)NS(=O)(=O)c1ccc(N)c(F)c1. The molecule has 0 atom stereocenters. The van der Waals surface area contributed by atoms with E-state index in [1.807, 2.05) is 20.8 Å². The largest absolute Gasteiger partial charge is 0.396 e. The number of nitrogens with one attached hydrogen (secondary N) is 1. The first-order valence-corrected chi connectivity index (χ1v) is 7.87. The molecule has 1 aromatic carbocycles. The molecule has 108 valence electrons. The third-order valence-corrected chi connectivity index (χ3v) is 5.24. The molecule has 0 aromatic heterocycles. The number of hydrogen-bond acceptors (Lipinski definition) is 3. The van der Waals surface area contributed by atoms with Crippen LogP contribution >= 0.6 is 0 Å². The van der Waals surface area contributed by atoms with Crippen LogP contribution in [0.3, 0.4) is 0 Å². The first-order valence-electron chi connectivity index (χ1n) is 6.39. The normalized spacial score (nSPS) is 12.6. The fourth-order valence-corrected chi connectivity index (χ4v) is 3.61. The van der Waals surface area contributed by atoms with Gasteiger partial charge in [0.1, 0.15) is 5.82 Å². The molecule has 0 aliphatic rings. The summed E-state index contributed by atoms with van der Waals surface area (Å²) in [5.41, 5.74) is 4.79. The van der Waals surface area contributed by atoms with Gasteiger partial charge in [-0.2, -0.15) is 0 Å². The molecular weight excluding hydrogens is 267 g/mol. The van der Waals surface area contributed by atoms with Gasteiger partial charge in [-0.3, -0.25) is 0 Å². The lowest BCUT2D eigenvalue weighted by molar-refractivity contribution is 0.341. The Labute approximate surface area is 114 Å². The highest BCUT2D eigenvalue weighted by Crippen LogP contribution is 2.24. The number of sulfonamides is 1. The molecule has 19 heavy (non-hydrogen) atoms. The molecule has 0 aliphatic carbocycles. The second-order valence-electron chi connectivity index (χ2n) is 4.63. The van der Waals surface area contributed by atoms with Crippen LogP contribution < -0.4 is 10.5 Å². The molecule has 0 bridgehead atoms. The number of anilines is 1. The molecule has 0 aliphatic heterocycles. The van der Waals surface area contributed by atoms with Crippen molar-refractivity contribution in [3.8, 4) is 0 Å². The number of rotatable bonds is 6. The van der Waals surface area contributed by atoms with Gasteiger partial charge in [-0.1, -0.05) is 20.8 Å². The lowest BCUT2D eigenvalue weighted by Crippen LogP contribution is -2.46. The second kappa shape index (κ2) is 5.88. The molecule has 4 nitrogen and oxygen atoms in total. The molecule has 0 amide bonds. The van der Waals surface area contributed by atoms with Crippen LogP contribution in [0.5, 0.6) is 0 Å². The smallest absolute Gasteiger partial charge is 0.241 e. The van der Waals surface area contributed by atoms with Gasteiger partial charge in [-0.05, 0) is 37.5 Å². The van der Waals surface area contributed by atoms with Crippen molar-refractivity contribution < 1.29 is 12.8 Å². The van der Waals surface area contributed by atoms with Crippen LogP contribution in [0.1, 0.15) is 40.0 Å². The highest BCUT2D eigenvalue weighted by atomic mass is 32.2. The van der Waals surface area contributed by atoms with Gasteiger partial charge in [0.15, 0.2) is 0 Å². The van der Waals surface area contributed by atoms with Crippen molar-refractivity contribution in [2.75, 3.05) is 5.73 Å². The van der Waals surface area contributed by atoms with E-state index >= 15 is 0 Å². The number of nitrogen functional groups attached to an aromatic ring is 1. The van der Waals surface area contributed by atoms with E-state index in [2.05, 4.69) is 4.72 Å². The van der Waals surface area contributed by atoms with Crippen molar-refractivity contribution in [3.63, 3.8) is 0 Å². The number of benzene rings is 1. The van der Waals surface area contributed by atoms with E-state index in [1.165, 1.54) is 12.1 Å². The van der Waals surface area contributed by atoms with Crippen molar-refractivity contribution in [3.05, 3.63) is 24.0 Å². The van der Waals surface area contributed by atoms with Gasteiger partial charge in [0.05, 0.1) is 10.6 Å². The minimum Gasteiger partial charge on any atom is -0.396 e. The van der Waals surface area contributed by atoms with Crippen LogP contribution in [0.2, 0.25) is 0 Å². The van der Waals surface area contributed by atoms with Crippen molar-refractivity contribution in [1.82, 2.24) is 4.72 Å². The maximum absolute atomic E-state index is 13.4. The molecule has 0 spiro atoms. The van der Waals surface area contributed by atoms with E-state index in [1.54, 1.807) is 0 Å². The Morgan fingerprint density at radius 3 is 2.16 bits per heavy atom. The van der Waals surface area contributed by atoms with Crippen molar-refractivity contribution in [2.24, 2.45) is 0 Å². The molecule has 0 saturated carbocycles. The van der Waals surface area contributed by atoms with Gasteiger partial charge < -0.3 is 5.73 Å². The van der Waals surface area contributed by atoms with Crippen LogP contribution in [0, 0.1) is 5.82 Å². The summed E-state index contributed by atoms with van der Waals surface area (Å²) in [6.45, 7) is 5.79. The lowest BCUT2D eigenvalue weighted by atomic mass is 9.91. The Morgan fingerprint density at radius 2 is 1.74 bits per heavy atom. The minimum absolute atomic E-state index is 0.0633. The van der Waals surface area contributed by atoms with E-state index in [9.17, 15) is 12.8 Å². The van der Waals surface area contributed by atoms with E-state index in [-0.39, 0.29) is 10.6 Å². The maximum atomic E-state index is 13.4. The molecule has 0 unspecified atom stereocenters. The summed E-state index contributed by atoms with van der Waals surface area (Å²) in [6, 6.07) is 3.52. The molecule has 0 heterocycles.